The normalized spacial score (nSPS) is 9.00. The van der Waals surface area contributed by atoms with Gasteiger partial charge in [-0.15, -0.1) is 0 Å². The number of carbonyl (C=O) groups is 1. The predicted octanol–water partition coefficient (Wildman–Crippen LogP) is 3.33. The van der Waals surface area contributed by atoms with Gasteiger partial charge in [0.15, 0.2) is 23.2 Å². The number of halogens is 3. The number of rotatable bonds is 1. The molecule has 0 heterocycles. The first-order valence-corrected chi connectivity index (χ1v) is 4.18. The third kappa shape index (κ3) is 2.58. The molecule has 0 N–H and O–H groups in total. The minimum atomic E-state index is -1.61. The smallest absolute Gasteiger partial charge is 0.195 e. The molecule has 0 saturated carbocycles. The van der Waals surface area contributed by atoms with E-state index in [4.69, 9.17) is 0 Å². The maximum absolute atomic E-state index is 12.7. The molecule has 0 spiro atoms. The van der Waals surface area contributed by atoms with Crippen LogP contribution in [0.5, 0.6) is 0 Å². The SMILES string of the molecule is CC.CC(=O)c1ccc(F)c(F)c1F. The van der Waals surface area contributed by atoms with Gasteiger partial charge in [-0.1, -0.05) is 13.8 Å². The number of benzene rings is 1. The fraction of sp³-hybridized carbons (Fsp3) is 0.300. The number of ketones is 1. The van der Waals surface area contributed by atoms with Gasteiger partial charge >= 0.3 is 0 Å². The van der Waals surface area contributed by atoms with Gasteiger partial charge in [-0.3, -0.25) is 4.79 Å². The molecule has 0 bridgehead atoms. The highest BCUT2D eigenvalue weighted by atomic mass is 19.2. The Morgan fingerprint density at radius 2 is 1.57 bits per heavy atom. The van der Waals surface area contributed by atoms with Crippen molar-refractivity contribution in [2.24, 2.45) is 0 Å². The van der Waals surface area contributed by atoms with Crippen LogP contribution >= 0.6 is 0 Å². The predicted molar refractivity (Wildman–Crippen MR) is 47.7 cm³/mol. The second-order valence-electron chi connectivity index (χ2n) is 2.28. The van der Waals surface area contributed by atoms with Crippen molar-refractivity contribution in [1.82, 2.24) is 0 Å². The fourth-order valence-corrected chi connectivity index (χ4v) is 0.798. The summed E-state index contributed by atoms with van der Waals surface area (Å²) in [6.07, 6.45) is 0. The van der Waals surface area contributed by atoms with E-state index in [9.17, 15) is 18.0 Å². The first-order valence-electron chi connectivity index (χ1n) is 4.18. The van der Waals surface area contributed by atoms with Crippen molar-refractivity contribution in [3.8, 4) is 0 Å². The standard InChI is InChI=1S/C8H5F3O.C2H6/c1-4(12)5-2-3-6(9)8(11)7(5)10;1-2/h2-3H,1H3;1-2H3. The number of carbonyl (C=O) groups excluding carboxylic acids is 1. The summed E-state index contributed by atoms with van der Waals surface area (Å²) >= 11 is 0. The van der Waals surface area contributed by atoms with Crippen LogP contribution in [0.15, 0.2) is 12.1 Å². The molecule has 0 amide bonds. The van der Waals surface area contributed by atoms with Gasteiger partial charge in [0.2, 0.25) is 0 Å². The van der Waals surface area contributed by atoms with E-state index >= 15 is 0 Å². The van der Waals surface area contributed by atoms with Crippen molar-refractivity contribution < 1.29 is 18.0 Å². The average Bonchev–Trinajstić information content (AvgIpc) is 2.17. The second kappa shape index (κ2) is 5.42. The highest BCUT2D eigenvalue weighted by Gasteiger charge is 2.15. The van der Waals surface area contributed by atoms with Crippen LogP contribution in [0.4, 0.5) is 13.2 Å². The van der Waals surface area contributed by atoms with Crippen molar-refractivity contribution in [2.45, 2.75) is 20.8 Å². The van der Waals surface area contributed by atoms with Crippen LogP contribution in [0.3, 0.4) is 0 Å². The Bertz CT molecular complexity index is 334. The zero-order valence-electron chi connectivity index (χ0n) is 8.20. The molecule has 0 aliphatic heterocycles. The van der Waals surface area contributed by atoms with E-state index in [0.29, 0.717) is 0 Å². The molecule has 1 rings (SSSR count). The molecule has 1 aromatic carbocycles. The molecule has 0 aromatic heterocycles. The number of hydrogen-bond acceptors (Lipinski definition) is 1. The molecule has 0 radical (unpaired) electrons. The van der Waals surface area contributed by atoms with E-state index < -0.39 is 28.8 Å². The summed E-state index contributed by atoms with van der Waals surface area (Å²) < 4.78 is 37.4. The zero-order valence-corrected chi connectivity index (χ0v) is 8.20. The summed E-state index contributed by atoms with van der Waals surface area (Å²) in [5.41, 5.74) is -0.436. The first kappa shape index (κ1) is 12.7. The van der Waals surface area contributed by atoms with Gasteiger partial charge in [-0.05, 0) is 19.1 Å². The Morgan fingerprint density at radius 1 is 1.07 bits per heavy atom. The third-order valence-electron chi connectivity index (χ3n) is 1.41. The quantitative estimate of drug-likeness (QED) is 0.506. The van der Waals surface area contributed by atoms with E-state index in [0.717, 1.165) is 19.1 Å². The van der Waals surface area contributed by atoms with E-state index in [2.05, 4.69) is 0 Å². The fourth-order valence-electron chi connectivity index (χ4n) is 0.798. The van der Waals surface area contributed by atoms with E-state index in [1.54, 1.807) is 0 Å². The van der Waals surface area contributed by atoms with Crippen molar-refractivity contribution in [3.63, 3.8) is 0 Å². The maximum atomic E-state index is 12.7. The van der Waals surface area contributed by atoms with E-state index in [1.165, 1.54) is 0 Å². The Labute approximate surface area is 80.6 Å². The van der Waals surface area contributed by atoms with Gasteiger partial charge < -0.3 is 0 Å². The van der Waals surface area contributed by atoms with Crippen LogP contribution in [-0.4, -0.2) is 5.78 Å². The summed E-state index contributed by atoms with van der Waals surface area (Å²) in [4.78, 5) is 10.6. The van der Waals surface area contributed by atoms with Gasteiger partial charge in [0.25, 0.3) is 0 Å². The van der Waals surface area contributed by atoms with Crippen LogP contribution in [0.2, 0.25) is 0 Å². The lowest BCUT2D eigenvalue weighted by Crippen LogP contribution is -2.01. The highest BCUT2D eigenvalue weighted by molar-refractivity contribution is 5.94. The summed E-state index contributed by atoms with van der Waals surface area (Å²) in [5.74, 6) is -4.96. The first-order chi connectivity index (χ1) is 6.54. The van der Waals surface area contributed by atoms with Crippen LogP contribution in [0, 0.1) is 17.5 Å². The molecular weight excluding hydrogens is 193 g/mol. The summed E-state index contributed by atoms with van der Waals surface area (Å²) in [6.45, 7) is 5.08. The van der Waals surface area contributed by atoms with Crippen molar-refractivity contribution in [1.29, 1.82) is 0 Å². The summed E-state index contributed by atoms with van der Waals surface area (Å²) in [5, 5.41) is 0. The average molecular weight is 204 g/mol. The molecule has 0 aliphatic rings. The van der Waals surface area contributed by atoms with Gasteiger partial charge in [0.05, 0.1) is 5.56 Å². The van der Waals surface area contributed by atoms with Gasteiger partial charge in [0.1, 0.15) is 0 Å². The molecule has 78 valence electrons. The molecular formula is C10H11F3O. The van der Waals surface area contributed by atoms with Crippen molar-refractivity contribution >= 4 is 5.78 Å². The largest absolute Gasteiger partial charge is 0.294 e. The highest BCUT2D eigenvalue weighted by Crippen LogP contribution is 2.15. The van der Waals surface area contributed by atoms with Crippen molar-refractivity contribution in [3.05, 3.63) is 35.1 Å². The maximum Gasteiger partial charge on any atom is 0.195 e. The lowest BCUT2D eigenvalue weighted by molar-refractivity contribution is 0.101. The van der Waals surface area contributed by atoms with E-state index in [1.807, 2.05) is 13.8 Å². The minimum absolute atomic E-state index is 0.436. The molecule has 1 nitrogen and oxygen atoms in total. The number of Topliss-reactive ketones (excluding diaryl/α,β-unsaturated/α-hetero) is 1. The Kier molecular flexibility index (Phi) is 4.91. The molecule has 0 fully saturated rings. The third-order valence-corrected chi connectivity index (χ3v) is 1.41. The molecule has 0 atom stereocenters. The van der Waals surface area contributed by atoms with Crippen LogP contribution in [0.25, 0.3) is 0 Å². The second-order valence-corrected chi connectivity index (χ2v) is 2.28. The molecule has 4 heteroatoms. The molecule has 0 aliphatic carbocycles. The topological polar surface area (TPSA) is 17.1 Å². The monoisotopic (exact) mass is 204 g/mol. The zero-order chi connectivity index (χ0) is 11.3. The molecule has 0 unspecified atom stereocenters. The van der Waals surface area contributed by atoms with Crippen LogP contribution in [-0.2, 0) is 0 Å². The molecule has 0 saturated heterocycles. The Hall–Kier alpha value is -1.32. The number of hydrogen-bond donors (Lipinski definition) is 0. The lowest BCUT2D eigenvalue weighted by atomic mass is 10.1. The molecule has 1 aromatic rings. The van der Waals surface area contributed by atoms with Crippen LogP contribution in [0.1, 0.15) is 31.1 Å². The molecule has 14 heavy (non-hydrogen) atoms. The van der Waals surface area contributed by atoms with E-state index in [-0.39, 0.29) is 0 Å². The Balaban J connectivity index is 0.000000791. The summed E-state index contributed by atoms with van der Waals surface area (Å²) in [7, 11) is 0. The van der Waals surface area contributed by atoms with Gasteiger partial charge in [-0.2, -0.15) is 0 Å². The van der Waals surface area contributed by atoms with Crippen molar-refractivity contribution in [2.75, 3.05) is 0 Å². The Morgan fingerprint density at radius 3 is 2.00 bits per heavy atom. The summed E-state index contributed by atoms with van der Waals surface area (Å²) in [6, 6.07) is 1.63. The van der Waals surface area contributed by atoms with Gasteiger partial charge in [0, 0.05) is 0 Å². The lowest BCUT2D eigenvalue weighted by Gasteiger charge is -1.99. The van der Waals surface area contributed by atoms with Crippen LogP contribution < -0.4 is 0 Å². The van der Waals surface area contributed by atoms with Gasteiger partial charge in [-0.25, -0.2) is 13.2 Å². The minimum Gasteiger partial charge on any atom is -0.294 e.